The van der Waals surface area contributed by atoms with E-state index in [9.17, 15) is 4.79 Å². The molecule has 0 unspecified atom stereocenters. The summed E-state index contributed by atoms with van der Waals surface area (Å²) in [5, 5.41) is 2.62. The fourth-order valence-electron chi connectivity index (χ4n) is 2.17. The maximum atomic E-state index is 11.8. The third kappa shape index (κ3) is 4.53. The van der Waals surface area contributed by atoms with Gasteiger partial charge in [-0.1, -0.05) is 12.0 Å². The van der Waals surface area contributed by atoms with Gasteiger partial charge in [0, 0.05) is 11.6 Å². The lowest BCUT2D eigenvalue weighted by molar-refractivity contribution is 0.0958. The topological polar surface area (TPSA) is 47.6 Å². The third-order valence-electron chi connectivity index (χ3n) is 3.69. The minimum atomic E-state index is -0.199. The van der Waals surface area contributed by atoms with Crippen LogP contribution in [0.15, 0.2) is 48.5 Å². The van der Waals surface area contributed by atoms with Crippen LogP contribution in [0.1, 0.15) is 23.2 Å². The van der Waals surface area contributed by atoms with Gasteiger partial charge in [0.25, 0.3) is 5.91 Å². The van der Waals surface area contributed by atoms with Gasteiger partial charge in [-0.25, -0.2) is 0 Å². The van der Waals surface area contributed by atoms with Gasteiger partial charge in [0.05, 0.1) is 13.2 Å². The molecule has 1 amide bonds. The first-order valence-electron chi connectivity index (χ1n) is 7.97. The van der Waals surface area contributed by atoms with E-state index in [1.807, 2.05) is 24.3 Å². The molecule has 0 bridgehead atoms. The van der Waals surface area contributed by atoms with E-state index >= 15 is 0 Å². The standard InChI is InChI=1S/C20H19NO3/c1-2-12-21-20(22)16-8-10-17(11-9-16)24-19-5-3-4-18(13-19)23-14-15-6-7-15/h1,3-5,8-11,13,15H,6-7,12,14H2,(H,21,22). The van der Waals surface area contributed by atoms with Gasteiger partial charge in [0.15, 0.2) is 0 Å². The summed E-state index contributed by atoms with van der Waals surface area (Å²) in [5.74, 6) is 5.05. The molecule has 2 aromatic rings. The number of nitrogens with one attached hydrogen (secondary N) is 1. The predicted octanol–water partition coefficient (Wildman–Crippen LogP) is 3.63. The number of rotatable bonds is 7. The van der Waals surface area contributed by atoms with E-state index in [4.69, 9.17) is 15.9 Å². The molecule has 0 aromatic heterocycles. The molecule has 1 fully saturated rings. The Morgan fingerprint density at radius 1 is 1.12 bits per heavy atom. The smallest absolute Gasteiger partial charge is 0.252 e. The Labute approximate surface area is 141 Å². The van der Waals surface area contributed by atoms with Crippen molar-refractivity contribution in [2.45, 2.75) is 12.8 Å². The number of terminal acetylenes is 1. The molecule has 24 heavy (non-hydrogen) atoms. The summed E-state index contributed by atoms with van der Waals surface area (Å²) in [6.45, 7) is 0.982. The van der Waals surface area contributed by atoms with E-state index in [2.05, 4.69) is 11.2 Å². The first-order valence-corrected chi connectivity index (χ1v) is 7.97. The minimum Gasteiger partial charge on any atom is -0.493 e. The third-order valence-corrected chi connectivity index (χ3v) is 3.69. The normalized spacial score (nSPS) is 13.0. The molecule has 122 valence electrons. The van der Waals surface area contributed by atoms with Crippen molar-refractivity contribution in [3.63, 3.8) is 0 Å². The second kappa shape index (κ2) is 7.56. The van der Waals surface area contributed by atoms with Crippen LogP contribution in [0, 0.1) is 18.3 Å². The molecule has 1 N–H and O–H groups in total. The van der Waals surface area contributed by atoms with E-state index in [0.29, 0.717) is 23.0 Å². The Hall–Kier alpha value is -2.93. The van der Waals surface area contributed by atoms with E-state index in [1.165, 1.54) is 12.8 Å². The average Bonchev–Trinajstić information content (AvgIpc) is 3.43. The minimum absolute atomic E-state index is 0.199. The van der Waals surface area contributed by atoms with Crippen LogP contribution in [0.3, 0.4) is 0 Å². The second-order valence-electron chi connectivity index (χ2n) is 5.74. The average molecular weight is 321 g/mol. The molecule has 0 radical (unpaired) electrons. The van der Waals surface area contributed by atoms with Crippen molar-refractivity contribution in [2.75, 3.05) is 13.2 Å². The largest absolute Gasteiger partial charge is 0.493 e. The molecule has 4 heteroatoms. The van der Waals surface area contributed by atoms with Crippen LogP contribution in [-0.4, -0.2) is 19.1 Å². The van der Waals surface area contributed by atoms with Gasteiger partial charge in [-0.3, -0.25) is 4.79 Å². The van der Waals surface area contributed by atoms with Crippen LogP contribution in [-0.2, 0) is 0 Å². The molecule has 0 aliphatic heterocycles. The number of carbonyl (C=O) groups excluding carboxylic acids is 1. The molecular formula is C20H19NO3. The monoisotopic (exact) mass is 321 g/mol. The first-order chi connectivity index (χ1) is 11.7. The van der Waals surface area contributed by atoms with Crippen molar-refractivity contribution in [2.24, 2.45) is 5.92 Å². The predicted molar refractivity (Wildman–Crippen MR) is 92.3 cm³/mol. The number of ether oxygens (including phenoxy) is 2. The highest BCUT2D eigenvalue weighted by Crippen LogP contribution is 2.31. The molecule has 1 aliphatic carbocycles. The first kappa shape index (κ1) is 15.9. The van der Waals surface area contributed by atoms with Crippen LogP contribution >= 0.6 is 0 Å². The highest BCUT2D eigenvalue weighted by molar-refractivity contribution is 5.94. The highest BCUT2D eigenvalue weighted by Gasteiger charge is 2.21. The van der Waals surface area contributed by atoms with Crippen molar-refractivity contribution < 1.29 is 14.3 Å². The Bertz CT molecular complexity index is 742. The second-order valence-corrected chi connectivity index (χ2v) is 5.74. The summed E-state index contributed by atoms with van der Waals surface area (Å²) >= 11 is 0. The zero-order valence-electron chi connectivity index (χ0n) is 13.3. The van der Waals surface area contributed by atoms with Crippen LogP contribution in [0.4, 0.5) is 0 Å². The van der Waals surface area contributed by atoms with Crippen molar-refractivity contribution in [1.29, 1.82) is 0 Å². The number of hydrogen-bond acceptors (Lipinski definition) is 3. The molecule has 0 saturated heterocycles. The Morgan fingerprint density at radius 2 is 1.88 bits per heavy atom. The fourth-order valence-corrected chi connectivity index (χ4v) is 2.17. The van der Waals surface area contributed by atoms with Gasteiger partial charge in [-0.2, -0.15) is 0 Å². The van der Waals surface area contributed by atoms with Crippen molar-refractivity contribution >= 4 is 5.91 Å². The zero-order chi connectivity index (χ0) is 16.8. The fraction of sp³-hybridized carbons (Fsp3) is 0.250. The molecule has 1 saturated carbocycles. The van der Waals surface area contributed by atoms with Crippen LogP contribution in [0.25, 0.3) is 0 Å². The summed E-state index contributed by atoms with van der Waals surface area (Å²) in [6, 6.07) is 14.5. The van der Waals surface area contributed by atoms with Crippen molar-refractivity contribution in [3.05, 3.63) is 54.1 Å². The molecule has 2 aromatic carbocycles. The van der Waals surface area contributed by atoms with Gasteiger partial charge in [-0.15, -0.1) is 6.42 Å². The van der Waals surface area contributed by atoms with Gasteiger partial charge in [0.2, 0.25) is 0 Å². The summed E-state index contributed by atoms with van der Waals surface area (Å²) < 4.78 is 11.6. The lowest BCUT2D eigenvalue weighted by Gasteiger charge is -2.09. The molecular weight excluding hydrogens is 302 g/mol. The molecule has 3 rings (SSSR count). The number of carbonyl (C=O) groups is 1. The van der Waals surface area contributed by atoms with Gasteiger partial charge in [-0.05, 0) is 55.2 Å². The van der Waals surface area contributed by atoms with Crippen molar-refractivity contribution in [3.8, 4) is 29.6 Å². The summed E-state index contributed by atoms with van der Waals surface area (Å²) in [5.41, 5.74) is 0.541. The highest BCUT2D eigenvalue weighted by atomic mass is 16.5. The van der Waals surface area contributed by atoms with Gasteiger partial charge in [0.1, 0.15) is 17.2 Å². The zero-order valence-corrected chi connectivity index (χ0v) is 13.3. The lowest BCUT2D eigenvalue weighted by atomic mass is 10.2. The lowest BCUT2D eigenvalue weighted by Crippen LogP contribution is -2.23. The summed E-state index contributed by atoms with van der Waals surface area (Å²) in [7, 11) is 0. The maximum absolute atomic E-state index is 11.8. The number of benzene rings is 2. The molecule has 0 spiro atoms. The molecule has 4 nitrogen and oxygen atoms in total. The Kier molecular flexibility index (Phi) is 5.02. The maximum Gasteiger partial charge on any atom is 0.252 e. The Balaban J connectivity index is 1.60. The number of amides is 1. The number of hydrogen-bond donors (Lipinski definition) is 1. The van der Waals surface area contributed by atoms with E-state index in [0.717, 1.165) is 12.4 Å². The van der Waals surface area contributed by atoms with E-state index in [1.54, 1.807) is 24.3 Å². The molecule has 1 aliphatic rings. The summed E-state index contributed by atoms with van der Waals surface area (Å²) in [6.07, 6.45) is 7.65. The van der Waals surface area contributed by atoms with Crippen LogP contribution in [0.2, 0.25) is 0 Å². The van der Waals surface area contributed by atoms with Crippen LogP contribution in [0.5, 0.6) is 17.2 Å². The Morgan fingerprint density at radius 3 is 2.58 bits per heavy atom. The van der Waals surface area contributed by atoms with Crippen LogP contribution < -0.4 is 14.8 Å². The quantitative estimate of drug-likeness (QED) is 0.792. The summed E-state index contributed by atoms with van der Waals surface area (Å²) in [4.78, 5) is 11.8. The van der Waals surface area contributed by atoms with Crippen molar-refractivity contribution in [1.82, 2.24) is 5.32 Å². The SMILES string of the molecule is C#CCNC(=O)c1ccc(Oc2cccc(OCC3CC3)c2)cc1. The molecule has 0 atom stereocenters. The molecule has 0 heterocycles. The van der Waals surface area contributed by atoms with Gasteiger partial charge >= 0.3 is 0 Å². The van der Waals surface area contributed by atoms with E-state index in [-0.39, 0.29) is 12.5 Å². The van der Waals surface area contributed by atoms with Gasteiger partial charge < -0.3 is 14.8 Å². The van der Waals surface area contributed by atoms with E-state index < -0.39 is 0 Å².